The first-order valence-corrected chi connectivity index (χ1v) is 8.68. The lowest BCUT2D eigenvalue weighted by atomic mass is 10.1. The average molecular weight is 349 g/mol. The molecule has 0 aliphatic heterocycles. The van der Waals surface area contributed by atoms with Crippen molar-refractivity contribution in [3.05, 3.63) is 65.9 Å². The smallest absolute Gasteiger partial charge is 0.268 e. The highest BCUT2D eigenvalue weighted by atomic mass is 32.1. The molecular weight excluding hydrogens is 334 g/mol. The number of hydrogen-bond acceptors (Lipinski definition) is 7. The lowest BCUT2D eigenvalue weighted by Crippen LogP contribution is -2.07. The van der Waals surface area contributed by atoms with E-state index >= 15 is 0 Å². The van der Waals surface area contributed by atoms with E-state index in [4.69, 9.17) is 4.52 Å². The molecule has 0 spiro atoms. The fourth-order valence-electron chi connectivity index (χ4n) is 2.44. The van der Waals surface area contributed by atoms with Crippen molar-refractivity contribution in [2.45, 2.75) is 13.0 Å². The van der Waals surface area contributed by atoms with Gasteiger partial charge in [-0.2, -0.15) is 4.98 Å². The second-order valence-corrected chi connectivity index (χ2v) is 6.43. The first-order chi connectivity index (χ1) is 12.3. The Hall–Kier alpha value is -3.06. The third-order valence-corrected chi connectivity index (χ3v) is 4.61. The van der Waals surface area contributed by atoms with Crippen LogP contribution >= 0.6 is 11.3 Å². The number of thiophene rings is 1. The lowest BCUT2D eigenvalue weighted by molar-refractivity contribution is 0.433. The Morgan fingerprint density at radius 2 is 2.00 bits per heavy atom. The summed E-state index contributed by atoms with van der Waals surface area (Å²) in [6.45, 7) is 2.08. The third-order valence-electron chi connectivity index (χ3n) is 3.75. The summed E-state index contributed by atoms with van der Waals surface area (Å²) in [7, 11) is 0. The highest BCUT2D eigenvalue weighted by Crippen LogP contribution is 2.26. The molecule has 0 saturated carbocycles. The number of nitrogens with one attached hydrogen (secondary N) is 1. The number of anilines is 1. The van der Waals surface area contributed by atoms with Crippen molar-refractivity contribution in [1.29, 1.82) is 0 Å². The molecule has 1 atom stereocenters. The maximum Gasteiger partial charge on any atom is 0.268 e. The van der Waals surface area contributed by atoms with Gasteiger partial charge in [-0.25, -0.2) is 4.98 Å². The Bertz CT molecular complexity index is 935. The fraction of sp³-hybridized carbons (Fsp3) is 0.111. The van der Waals surface area contributed by atoms with Gasteiger partial charge in [0, 0.05) is 24.0 Å². The molecule has 1 aromatic carbocycles. The van der Waals surface area contributed by atoms with Crippen LogP contribution in [0.2, 0.25) is 0 Å². The van der Waals surface area contributed by atoms with Gasteiger partial charge in [-0.15, -0.1) is 11.3 Å². The molecule has 25 heavy (non-hydrogen) atoms. The van der Waals surface area contributed by atoms with Crippen molar-refractivity contribution in [3.8, 4) is 22.2 Å². The molecule has 0 amide bonds. The molecule has 4 rings (SSSR count). The molecule has 7 heteroatoms. The van der Waals surface area contributed by atoms with E-state index in [0.29, 0.717) is 11.7 Å². The topological polar surface area (TPSA) is 76.7 Å². The van der Waals surface area contributed by atoms with E-state index in [2.05, 4.69) is 32.3 Å². The molecule has 0 aliphatic rings. The van der Waals surface area contributed by atoms with E-state index in [1.54, 1.807) is 29.9 Å². The van der Waals surface area contributed by atoms with Crippen molar-refractivity contribution in [2.24, 2.45) is 0 Å². The van der Waals surface area contributed by atoms with Gasteiger partial charge < -0.3 is 9.84 Å². The molecule has 3 heterocycles. The number of hydrogen-bond donors (Lipinski definition) is 1. The second kappa shape index (κ2) is 6.82. The third kappa shape index (κ3) is 3.41. The molecule has 124 valence electrons. The van der Waals surface area contributed by atoms with Crippen molar-refractivity contribution in [2.75, 3.05) is 5.32 Å². The Morgan fingerprint density at radius 3 is 2.72 bits per heavy atom. The van der Waals surface area contributed by atoms with Crippen LogP contribution in [-0.2, 0) is 0 Å². The Morgan fingerprint density at radius 1 is 1.12 bits per heavy atom. The minimum absolute atomic E-state index is 0.109. The molecule has 0 fully saturated rings. The summed E-state index contributed by atoms with van der Waals surface area (Å²) < 4.78 is 5.34. The molecule has 1 N–H and O–H groups in total. The van der Waals surface area contributed by atoms with E-state index in [0.717, 1.165) is 21.8 Å². The first kappa shape index (κ1) is 15.5. The van der Waals surface area contributed by atoms with Crippen LogP contribution in [0.3, 0.4) is 0 Å². The fourth-order valence-corrected chi connectivity index (χ4v) is 3.09. The lowest BCUT2D eigenvalue weighted by Gasteiger charge is -2.14. The summed E-state index contributed by atoms with van der Waals surface area (Å²) in [6.07, 6.45) is 5.02. The van der Waals surface area contributed by atoms with Gasteiger partial charge in [0.15, 0.2) is 0 Å². The minimum atomic E-state index is 0.109. The van der Waals surface area contributed by atoms with Crippen LogP contribution in [0.1, 0.15) is 18.5 Å². The molecule has 0 radical (unpaired) electrons. The van der Waals surface area contributed by atoms with Crippen molar-refractivity contribution in [1.82, 2.24) is 20.1 Å². The standard InChI is InChI=1S/C18H15N5OS/c1-12(21-16-11-19-8-9-20-16)13-4-6-14(7-5-13)17-22-18(24-23-17)15-3-2-10-25-15/h2-12H,1H3,(H,20,21). The monoisotopic (exact) mass is 349 g/mol. The van der Waals surface area contributed by atoms with Crippen molar-refractivity contribution in [3.63, 3.8) is 0 Å². The van der Waals surface area contributed by atoms with Gasteiger partial charge in [0.1, 0.15) is 5.82 Å². The van der Waals surface area contributed by atoms with Crippen LogP contribution in [0.4, 0.5) is 5.82 Å². The molecule has 3 aromatic heterocycles. The van der Waals surface area contributed by atoms with Crippen LogP contribution in [0.5, 0.6) is 0 Å². The molecule has 6 nitrogen and oxygen atoms in total. The summed E-state index contributed by atoms with van der Waals surface area (Å²) in [5, 5.41) is 9.38. The molecule has 4 aromatic rings. The maximum atomic E-state index is 5.34. The van der Waals surface area contributed by atoms with Crippen molar-refractivity contribution < 1.29 is 4.52 Å². The SMILES string of the molecule is CC(Nc1cnccn1)c1ccc(-c2noc(-c3cccs3)n2)cc1. The molecule has 0 aliphatic carbocycles. The Balaban J connectivity index is 1.50. The minimum Gasteiger partial charge on any atom is -0.362 e. The summed E-state index contributed by atoms with van der Waals surface area (Å²) >= 11 is 1.58. The van der Waals surface area contributed by atoms with Gasteiger partial charge in [-0.1, -0.05) is 35.5 Å². The van der Waals surface area contributed by atoms with Gasteiger partial charge in [-0.05, 0) is 23.9 Å². The van der Waals surface area contributed by atoms with Crippen LogP contribution in [-0.4, -0.2) is 20.1 Å². The molecule has 0 bridgehead atoms. The Kier molecular flexibility index (Phi) is 4.22. The van der Waals surface area contributed by atoms with Gasteiger partial charge in [0.2, 0.25) is 5.82 Å². The van der Waals surface area contributed by atoms with Gasteiger partial charge in [-0.3, -0.25) is 4.98 Å². The largest absolute Gasteiger partial charge is 0.362 e. The molecule has 1 unspecified atom stereocenters. The zero-order chi connectivity index (χ0) is 17.1. The normalized spacial score (nSPS) is 12.0. The van der Waals surface area contributed by atoms with Crippen LogP contribution < -0.4 is 5.32 Å². The van der Waals surface area contributed by atoms with Crippen LogP contribution in [0, 0.1) is 0 Å². The summed E-state index contributed by atoms with van der Waals surface area (Å²) in [4.78, 5) is 13.7. The summed E-state index contributed by atoms with van der Waals surface area (Å²) in [6, 6.07) is 12.1. The molecule has 0 saturated heterocycles. The van der Waals surface area contributed by atoms with E-state index in [9.17, 15) is 0 Å². The highest BCUT2D eigenvalue weighted by Gasteiger charge is 2.12. The average Bonchev–Trinajstić information content (AvgIpc) is 3.34. The Labute approximate surface area is 148 Å². The number of nitrogens with zero attached hydrogens (tertiary/aromatic N) is 4. The number of aromatic nitrogens is 4. The second-order valence-electron chi connectivity index (χ2n) is 5.48. The van der Waals surface area contributed by atoms with E-state index in [1.165, 1.54) is 0 Å². The van der Waals surface area contributed by atoms with E-state index in [1.807, 2.05) is 41.8 Å². The number of benzene rings is 1. The van der Waals surface area contributed by atoms with E-state index < -0.39 is 0 Å². The predicted octanol–water partition coefficient (Wildman–Crippen LogP) is 4.43. The van der Waals surface area contributed by atoms with E-state index in [-0.39, 0.29) is 6.04 Å². The van der Waals surface area contributed by atoms with Gasteiger partial charge >= 0.3 is 0 Å². The summed E-state index contributed by atoms with van der Waals surface area (Å²) in [5.41, 5.74) is 2.05. The zero-order valence-electron chi connectivity index (χ0n) is 13.5. The summed E-state index contributed by atoms with van der Waals surface area (Å²) in [5.74, 6) is 1.88. The number of rotatable bonds is 5. The molecular formula is C18H15N5OS. The highest BCUT2D eigenvalue weighted by molar-refractivity contribution is 7.13. The van der Waals surface area contributed by atoms with Crippen LogP contribution in [0.15, 0.2) is 64.9 Å². The maximum absolute atomic E-state index is 5.34. The van der Waals surface area contributed by atoms with Gasteiger partial charge in [0.05, 0.1) is 11.1 Å². The van der Waals surface area contributed by atoms with Gasteiger partial charge in [0.25, 0.3) is 5.89 Å². The zero-order valence-corrected chi connectivity index (χ0v) is 14.3. The quantitative estimate of drug-likeness (QED) is 0.574. The predicted molar refractivity (Wildman–Crippen MR) is 97.1 cm³/mol. The van der Waals surface area contributed by atoms with Crippen LogP contribution in [0.25, 0.3) is 22.2 Å². The van der Waals surface area contributed by atoms with Crippen molar-refractivity contribution >= 4 is 17.2 Å². The first-order valence-electron chi connectivity index (χ1n) is 7.80.